The van der Waals surface area contributed by atoms with Crippen LogP contribution in [0.2, 0.25) is 0 Å². The van der Waals surface area contributed by atoms with Crippen LogP contribution in [0.5, 0.6) is 0 Å². The molecule has 0 aliphatic rings. The number of rotatable bonds is 5. The predicted molar refractivity (Wildman–Crippen MR) is 65.0 cm³/mol. The van der Waals surface area contributed by atoms with Gasteiger partial charge in [-0.25, -0.2) is 0 Å². The Morgan fingerprint density at radius 2 is 2.07 bits per heavy atom. The van der Waals surface area contributed by atoms with Crippen LogP contribution in [0, 0.1) is 6.92 Å². The minimum absolute atomic E-state index is 0.807. The molecular formula is C12H19NS. The fraction of sp³-hybridized carbons (Fsp3) is 0.500. The van der Waals surface area contributed by atoms with Crippen molar-refractivity contribution >= 4 is 11.8 Å². The minimum atomic E-state index is 0.807. The molecule has 0 saturated carbocycles. The largest absolute Gasteiger partial charge is 0.330 e. The molecule has 0 unspecified atom stereocenters. The number of unbranched alkanes of at least 4 members (excludes halogenated alkanes) is 1. The van der Waals surface area contributed by atoms with Gasteiger partial charge in [-0.15, -0.1) is 11.8 Å². The molecule has 0 aliphatic carbocycles. The molecule has 2 N–H and O–H groups in total. The molecule has 14 heavy (non-hydrogen) atoms. The molecule has 1 aromatic carbocycles. The molecule has 0 spiro atoms. The summed E-state index contributed by atoms with van der Waals surface area (Å²) in [5.74, 6) is 0. The van der Waals surface area contributed by atoms with Gasteiger partial charge < -0.3 is 5.73 Å². The maximum atomic E-state index is 5.47. The summed E-state index contributed by atoms with van der Waals surface area (Å²) in [4.78, 5) is 1.35. The highest BCUT2D eigenvalue weighted by molar-refractivity contribution is 7.98. The van der Waals surface area contributed by atoms with Gasteiger partial charge in [0.2, 0.25) is 0 Å². The third kappa shape index (κ3) is 3.35. The summed E-state index contributed by atoms with van der Waals surface area (Å²) in [5.41, 5.74) is 8.35. The van der Waals surface area contributed by atoms with E-state index in [1.165, 1.54) is 22.4 Å². The van der Waals surface area contributed by atoms with Crippen molar-refractivity contribution in [3.8, 4) is 0 Å². The Bertz CT molecular complexity index is 284. The summed E-state index contributed by atoms with van der Waals surface area (Å²) in [5, 5.41) is 0. The van der Waals surface area contributed by atoms with Crippen molar-refractivity contribution in [2.24, 2.45) is 5.73 Å². The van der Waals surface area contributed by atoms with Gasteiger partial charge in [-0.1, -0.05) is 6.07 Å². The molecule has 0 fully saturated rings. The normalized spacial score (nSPS) is 10.5. The molecule has 78 valence electrons. The maximum Gasteiger partial charge on any atom is 0.00719 e. The standard InChI is InChI=1S/C12H19NS/c1-10-9-12(14-2)7-6-11(10)5-3-4-8-13/h6-7,9H,3-5,8,13H2,1-2H3. The molecule has 0 aliphatic heterocycles. The molecule has 0 heterocycles. The second-order valence-electron chi connectivity index (χ2n) is 3.54. The van der Waals surface area contributed by atoms with E-state index in [0.717, 1.165) is 19.4 Å². The van der Waals surface area contributed by atoms with Gasteiger partial charge >= 0.3 is 0 Å². The Morgan fingerprint density at radius 1 is 1.29 bits per heavy atom. The van der Waals surface area contributed by atoms with E-state index in [0.29, 0.717) is 0 Å². The van der Waals surface area contributed by atoms with E-state index >= 15 is 0 Å². The molecule has 0 saturated heterocycles. The van der Waals surface area contributed by atoms with Crippen molar-refractivity contribution in [2.45, 2.75) is 31.1 Å². The Morgan fingerprint density at radius 3 is 2.64 bits per heavy atom. The van der Waals surface area contributed by atoms with E-state index in [4.69, 9.17) is 5.73 Å². The number of hydrogen-bond donors (Lipinski definition) is 1. The van der Waals surface area contributed by atoms with Crippen LogP contribution in [-0.2, 0) is 6.42 Å². The van der Waals surface area contributed by atoms with Gasteiger partial charge in [0.1, 0.15) is 0 Å². The number of thioether (sulfide) groups is 1. The third-order valence-corrected chi connectivity index (χ3v) is 3.18. The predicted octanol–water partition coefficient (Wildman–Crippen LogP) is 3.00. The summed E-state index contributed by atoms with van der Waals surface area (Å²) in [6.07, 6.45) is 5.61. The first-order chi connectivity index (χ1) is 6.77. The zero-order valence-electron chi connectivity index (χ0n) is 9.05. The highest BCUT2D eigenvalue weighted by Gasteiger charge is 1.99. The van der Waals surface area contributed by atoms with Gasteiger partial charge in [0.25, 0.3) is 0 Å². The zero-order valence-corrected chi connectivity index (χ0v) is 9.86. The van der Waals surface area contributed by atoms with Crippen molar-refractivity contribution in [1.82, 2.24) is 0 Å². The lowest BCUT2D eigenvalue weighted by Gasteiger charge is -2.06. The van der Waals surface area contributed by atoms with Crippen LogP contribution >= 0.6 is 11.8 Å². The van der Waals surface area contributed by atoms with Gasteiger partial charge in [-0.2, -0.15) is 0 Å². The smallest absolute Gasteiger partial charge is 0.00719 e. The van der Waals surface area contributed by atoms with E-state index in [1.54, 1.807) is 11.8 Å². The van der Waals surface area contributed by atoms with E-state index in [1.807, 2.05) is 0 Å². The summed E-state index contributed by atoms with van der Waals surface area (Å²) in [7, 11) is 0. The molecule has 0 radical (unpaired) electrons. The molecular weight excluding hydrogens is 190 g/mol. The molecule has 1 rings (SSSR count). The Kier molecular flexibility index (Phi) is 5.05. The first-order valence-corrected chi connectivity index (χ1v) is 6.34. The van der Waals surface area contributed by atoms with Crippen LogP contribution in [0.25, 0.3) is 0 Å². The van der Waals surface area contributed by atoms with Crippen LogP contribution in [0.4, 0.5) is 0 Å². The van der Waals surface area contributed by atoms with Crippen LogP contribution in [0.15, 0.2) is 23.1 Å². The van der Waals surface area contributed by atoms with E-state index < -0.39 is 0 Å². The number of benzene rings is 1. The van der Waals surface area contributed by atoms with Crippen molar-refractivity contribution < 1.29 is 0 Å². The summed E-state index contributed by atoms with van der Waals surface area (Å²) in [6.45, 7) is 3.00. The first-order valence-electron chi connectivity index (χ1n) is 5.11. The van der Waals surface area contributed by atoms with Crippen molar-refractivity contribution in [2.75, 3.05) is 12.8 Å². The van der Waals surface area contributed by atoms with Gasteiger partial charge in [-0.05, 0) is 62.2 Å². The van der Waals surface area contributed by atoms with Crippen molar-refractivity contribution in [3.63, 3.8) is 0 Å². The van der Waals surface area contributed by atoms with Crippen LogP contribution in [0.3, 0.4) is 0 Å². The third-order valence-electron chi connectivity index (χ3n) is 2.45. The van der Waals surface area contributed by atoms with E-state index in [9.17, 15) is 0 Å². The topological polar surface area (TPSA) is 26.0 Å². The Hall–Kier alpha value is -0.470. The Labute approximate surface area is 91.1 Å². The van der Waals surface area contributed by atoms with E-state index in [-0.39, 0.29) is 0 Å². The zero-order chi connectivity index (χ0) is 10.4. The lowest BCUT2D eigenvalue weighted by molar-refractivity contribution is 0.742. The van der Waals surface area contributed by atoms with Gasteiger partial charge in [0, 0.05) is 4.90 Å². The fourth-order valence-electron chi connectivity index (χ4n) is 1.54. The van der Waals surface area contributed by atoms with Crippen LogP contribution in [0.1, 0.15) is 24.0 Å². The van der Waals surface area contributed by atoms with Gasteiger partial charge in [-0.3, -0.25) is 0 Å². The highest BCUT2D eigenvalue weighted by atomic mass is 32.2. The number of nitrogens with two attached hydrogens (primary N) is 1. The van der Waals surface area contributed by atoms with E-state index in [2.05, 4.69) is 31.4 Å². The average molecular weight is 209 g/mol. The maximum absolute atomic E-state index is 5.47. The lowest BCUT2D eigenvalue weighted by Crippen LogP contribution is -1.99. The highest BCUT2D eigenvalue weighted by Crippen LogP contribution is 2.19. The molecule has 0 amide bonds. The number of aryl methyl sites for hydroxylation is 2. The molecule has 2 heteroatoms. The second-order valence-corrected chi connectivity index (χ2v) is 4.42. The SMILES string of the molecule is CSc1ccc(CCCCN)c(C)c1. The van der Waals surface area contributed by atoms with Crippen molar-refractivity contribution in [1.29, 1.82) is 0 Å². The summed E-state index contributed by atoms with van der Waals surface area (Å²) < 4.78 is 0. The Balaban J connectivity index is 2.59. The monoisotopic (exact) mass is 209 g/mol. The van der Waals surface area contributed by atoms with Gasteiger partial charge in [0.05, 0.1) is 0 Å². The molecule has 0 atom stereocenters. The van der Waals surface area contributed by atoms with Crippen LogP contribution < -0.4 is 5.73 Å². The minimum Gasteiger partial charge on any atom is -0.330 e. The molecule has 1 aromatic rings. The number of hydrogen-bond acceptors (Lipinski definition) is 2. The first kappa shape index (κ1) is 11.6. The lowest BCUT2D eigenvalue weighted by atomic mass is 10.0. The fourth-order valence-corrected chi connectivity index (χ4v) is 2.03. The van der Waals surface area contributed by atoms with Crippen LogP contribution in [-0.4, -0.2) is 12.8 Å². The van der Waals surface area contributed by atoms with Gasteiger partial charge in [0.15, 0.2) is 0 Å². The molecule has 0 bridgehead atoms. The van der Waals surface area contributed by atoms with Crippen molar-refractivity contribution in [3.05, 3.63) is 29.3 Å². The average Bonchev–Trinajstić information content (AvgIpc) is 2.20. The summed E-state index contributed by atoms with van der Waals surface area (Å²) in [6, 6.07) is 6.72. The molecule has 0 aromatic heterocycles. The molecule has 1 nitrogen and oxygen atoms in total. The second kappa shape index (κ2) is 6.10. The quantitative estimate of drug-likeness (QED) is 0.596. The summed E-state index contributed by atoms with van der Waals surface area (Å²) >= 11 is 1.80.